The van der Waals surface area contributed by atoms with E-state index in [1.165, 1.54) is 16.9 Å². The van der Waals surface area contributed by atoms with E-state index in [-0.39, 0.29) is 11.8 Å². The van der Waals surface area contributed by atoms with Gasteiger partial charge in [0.1, 0.15) is 0 Å². The first-order valence-corrected chi connectivity index (χ1v) is 9.69. The lowest BCUT2D eigenvalue weighted by Gasteiger charge is -2.32. The number of hydrogen-bond donors (Lipinski definition) is 1. The molecule has 1 aliphatic heterocycles. The summed E-state index contributed by atoms with van der Waals surface area (Å²) in [4.78, 5) is 27.2. The third-order valence-corrected chi connectivity index (χ3v) is 5.65. The predicted octanol–water partition coefficient (Wildman–Crippen LogP) is 3.73. The number of hydrogen-bond acceptors (Lipinski definition) is 3. The van der Waals surface area contributed by atoms with Gasteiger partial charge in [0, 0.05) is 25.2 Å². The molecular formula is C20H24N2O2S. The lowest BCUT2D eigenvalue weighted by molar-refractivity contribution is 0.0687. The molecule has 2 amide bonds. The molecule has 1 aromatic heterocycles. The van der Waals surface area contributed by atoms with Crippen LogP contribution in [0.1, 0.15) is 44.9 Å². The Bertz CT molecular complexity index is 702. The number of rotatable bonds is 5. The molecule has 132 valence electrons. The van der Waals surface area contributed by atoms with Gasteiger partial charge >= 0.3 is 0 Å². The topological polar surface area (TPSA) is 49.4 Å². The molecule has 4 nitrogen and oxygen atoms in total. The predicted molar refractivity (Wildman–Crippen MR) is 101 cm³/mol. The summed E-state index contributed by atoms with van der Waals surface area (Å²) < 4.78 is 0. The summed E-state index contributed by atoms with van der Waals surface area (Å²) in [5.41, 5.74) is 1.94. The number of piperidine rings is 1. The molecule has 0 saturated carbocycles. The molecule has 1 aromatic carbocycles. The number of carbonyl (C=O) groups excluding carboxylic acids is 2. The average Bonchev–Trinajstić information content (AvgIpc) is 3.17. The SMILES string of the molecule is Cc1ccc(C(=O)N2CCC(CCNC(=O)c3cccs3)CC2)cc1. The first kappa shape index (κ1) is 17.7. The maximum absolute atomic E-state index is 12.5. The van der Waals surface area contributed by atoms with E-state index < -0.39 is 0 Å². The Hall–Kier alpha value is -2.14. The fourth-order valence-electron chi connectivity index (χ4n) is 3.19. The van der Waals surface area contributed by atoms with Crippen molar-refractivity contribution in [1.82, 2.24) is 10.2 Å². The molecule has 1 N–H and O–H groups in total. The van der Waals surface area contributed by atoms with Crippen LogP contribution in [0.25, 0.3) is 0 Å². The minimum atomic E-state index is 0.0157. The van der Waals surface area contributed by atoms with Gasteiger partial charge in [-0.25, -0.2) is 0 Å². The van der Waals surface area contributed by atoms with E-state index in [0.29, 0.717) is 12.5 Å². The Morgan fingerprint density at radius 1 is 1.16 bits per heavy atom. The smallest absolute Gasteiger partial charge is 0.261 e. The quantitative estimate of drug-likeness (QED) is 0.887. The van der Waals surface area contributed by atoms with E-state index in [1.807, 2.05) is 53.6 Å². The molecule has 1 aliphatic rings. The van der Waals surface area contributed by atoms with Gasteiger partial charge in [-0.2, -0.15) is 0 Å². The number of aryl methyl sites for hydroxylation is 1. The molecule has 0 bridgehead atoms. The molecule has 0 spiro atoms. The van der Waals surface area contributed by atoms with Crippen molar-refractivity contribution in [2.45, 2.75) is 26.2 Å². The second-order valence-electron chi connectivity index (χ2n) is 6.62. The molecule has 1 saturated heterocycles. The highest BCUT2D eigenvalue weighted by atomic mass is 32.1. The van der Waals surface area contributed by atoms with Crippen molar-refractivity contribution in [2.24, 2.45) is 5.92 Å². The van der Waals surface area contributed by atoms with Crippen LogP contribution < -0.4 is 5.32 Å². The number of nitrogens with one attached hydrogen (secondary N) is 1. The van der Waals surface area contributed by atoms with Crippen molar-refractivity contribution in [1.29, 1.82) is 0 Å². The molecule has 0 aliphatic carbocycles. The molecule has 0 unspecified atom stereocenters. The van der Waals surface area contributed by atoms with E-state index in [4.69, 9.17) is 0 Å². The third-order valence-electron chi connectivity index (χ3n) is 4.78. The van der Waals surface area contributed by atoms with Crippen molar-refractivity contribution < 1.29 is 9.59 Å². The van der Waals surface area contributed by atoms with Crippen molar-refractivity contribution in [3.8, 4) is 0 Å². The zero-order valence-electron chi connectivity index (χ0n) is 14.5. The molecular weight excluding hydrogens is 332 g/mol. The summed E-state index contributed by atoms with van der Waals surface area (Å²) >= 11 is 1.46. The Kier molecular flexibility index (Phi) is 5.87. The lowest BCUT2D eigenvalue weighted by Crippen LogP contribution is -2.39. The van der Waals surface area contributed by atoms with Gasteiger partial charge in [0.05, 0.1) is 4.88 Å². The van der Waals surface area contributed by atoms with Crippen LogP contribution in [0, 0.1) is 12.8 Å². The molecule has 25 heavy (non-hydrogen) atoms. The molecule has 2 aromatic rings. The van der Waals surface area contributed by atoms with E-state index in [1.54, 1.807) is 0 Å². The number of carbonyl (C=O) groups is 2. The van der Waals surface area contributed by atoms with Gasteiger partial charge < -0.3 is 10.2 Å². The third kappa shape index (κ3) is 4.69. The Morgan fingerprint density at radius 3 is 2.52 bits per heavy atom. The van der Waals surface area contributed by atoms with Gasteiger partial charge in [-0.05, 0) is 55.7 Å². The standard InChI is InChI=1S/C20H24N2O2S/c1-15-4-6-17(7-5-15)20(24)22-12-9-16(10-13-22)8-11-21-19(23)18-3-2-14-25-18/h2-7,14,16H,8-13H2,1H3,(H,21,23). The van der Waals surface area contributed by atoms with Crippen molar-refractivity contribution in [3.63, 3.8) is 0 Å². The summed E-state index contributed by atoms with van der Waals surface area (Å²) in [6.07, 6.45) is 2.99. The summed E-state index contributed by atoms with van der Waals surface area (Å²) in [5, 5.41) is 4.90. The van der Waals surface area contributed by atoms with Crippen LogP contribution >= 0.6 is 11.3 Å². The summed E-state index contributed by atoms with van der Waals surface area (Å²) in [6.45, 7) is 4.33. The van der Waals surface area contributed by atoms with Gasteiger partial charge in [-0.1, -0.05) is 23.8 Å². The Morgan fingerprint density at radius 2 is 1.88 bits per heavy atom. The zero-order valence-corrected chi connectivity index (χ0v) is 15.3. The number of amides is 2. The first-order chi connectivity index (χ1) is 12.1. The largest absolute Gasteiger partial charge is 0.351 e. The highest BCUT2D eigenvalue weighted by molar-refractivity contribution is 7.12. The van der Waals surface area contributed by atoms with Crippen LogP contribution in [-0.2, 0) is 0 Å². The molecule has 3 rings (SSSR count). The maximum Gasteiger partial charge on any atom is 0.261 e. The summed E-state index contributed by atoms with van der Waals surface area (Å²) in [5.74, 6) is 0.720. The fraction of sp³-hybridized carbons (Fsp3) is 0.400. The van der Waals surface area contributed by atoms with Crippen LogP contribution in [0.3, 0.4) is 0 Å². The summed E-state index contributed by atoms with van der Waals surface area (Å²) in [6, 6.07) is 11.5. The van der Waals surface area contributed by atoms with Gasteiger partial charge in [0.25, 0.3) is 11.8 Å². The molecule has 5 heteroatoms. The van der Waals surface area contributed by atoms with Crippen molar-refractivity contribution in [2.75, 3.05) is 19.6 Å². The number of benzene rings is 1. The van der Waals surface area contributed by atoms with Crippen molar-refractivity contribution >= 4 is 23.2 Å². The molecule has 1 fully saturated rings. The van der Waals surface area contributed by atoms with Gasteiger partial charge in [-0.15, -0.1) is 11.3 Å². The average molecular weight is 356 g/mol. The molecule has 2 heterocycles. The van der Waals surface area contributed by atoms with Gasteiger partial charge in [0.15, 0.2) is 0 Å². The van der Waals surface area contributed by atoms with Crippen LogP contribution in [0.5, 0.6) is 0 Å². The fourth-order valence-corrected chi connectivity index (χ4v) is 3.83. The first-order valence-electron chi connectivity index (χ1n) is 8.81. The van der Waals surface area contributed by atoms with E-state index in [9.17, 15) is 9.59 Å². The molecule has 0 radical (unpaired) electrons. The minimum Gasteiger partial charge on any atom is -0.351 e. The lowest BCUT2D eigenvalue weighted by atomic mass is 9.93. The van der Waals surface area contributed by atoms with Crippen molar-refractivity contribution in [3.05, 3.63) is 57.8 Å². The number of thiophene rings is 1. The van der Waals surface area contributed by atoms with E-state index in [0.717, 1.165) is 42.8 Å². The van der Waals surface area contributed by atoms with Crippen LogP contribution in [0.15, 0.2) is 41.8 Å². The monoisotopic (exact) mass is 356 g/mol. The van der Waals surface area contributed by atoms with Crippen LogP contribution in [-0.4, -0.2) is 36.3 Å². The second-order valence-corrected chi connectivity index (χ2v) is 7.57. The Balaban J connectivity index is 1.40. The Labute approximate surface area is 152 Å². The molecule has 0 atom stereocenters. The highest BCUT2D eigenvalue weighted by Gasteiger charge is 2.23. The summed E-state index contributed by atoms with van der Waals surface area (Å²) in [7, 11) is 0. The van der Waals surface area contributed by atoms with Crippen LogP contribution in [0.4, 0.5) is 0 Å². The number of nitrogens with zero attached hydrogens (tertiary/aromatic N) is 1. The normalized spacial score (nSPS) is 15.2. The van der Waals surface area contributed by atoms with E-state index in [2.05, 4.69) is 5.32 Å². The zero-order chi connectivity index (χ0) is 17.6. The van der Waals surface area contributed by atoms with Gasteiger partial charge in [0.2, 0.25) is 0 Å². The second kappa shape index (κ2) is 8.30. The minimum absolute atomic E-state index is 0.0157. The van der Waals surface area contributed by atoms with Gasteiger partial charge in [-0.3, -0.25) is 9.59 Å². The van der Waals surface area contributed by atoms with Crippen LogP contribution in [0.2, 0.25) is 0 Å². The highest BCUT2D eigenvalue weighted by Crippen LogP contribution is 2.21. The maximum atomic E-state index is 12.5. The van der Waals surface area contributed by atoms with E-state index >= 15 is 0 Å². The number of likely N-dealkylation sites (tertiary alicyclic amines) is 1.